The molecular formula is C26H22F2O5Se. The quantitative estimate of drug-likeness (QED) is 0.343. The molecule has 3 aromatic rings. The molecule has 3 atom stereocenters. The van der Waals surface area contributed by atoms with Gasteiger partial charge in [0, 0.05) is 0 Å². The molecule has 176 valence electrons. The number of rotatable bonds is 7. The molecule has 0 spiro atoms. The van der Waals surface area contributed by atoms with E-state index in [0.29, 0.717) is 0 Å². The summed E-state index contributed by atoms with van der Waals surface area (Å²) in [4.78, 5) is 25.0. The van der Waals surface area contributed by atoms with E-state index < -0.39 is 63.1 Å². The summed E-state index contributed by atoms with van der Waals surface area (Å²) in [5.41, 5.74) is 0.432. The molecule has 5 nitrogen and oxygen atoms in total. The summed E-state index contributed by atoms with van der Waals surface area (Å²) < 4.78 is 48.0. The van der Waals surface area contributed by atoms with Crippen molar-refractivity contribution in [3.8, 4) is 0 Å². The Kier molecular flexibility index (Phi) is 7.73. The summed E-state index contributed by atoms with van der Waals surface area (Å²) >= 11 is -0.416. The maximum atomic E-state index is 15.3. The molecule has 0 amide bonds. The number of halogens is 2. The van der Waals surface area contributed by atoms with Gasteiger partial charge in [0.25, 0.3) is 0 Å². The van der Waals surface area contributed by atoms with E-state index in [4.69, 9.17) is 14.2 Å². The van der Waals surface area contributed by atoms with Gasteiger partial charge in [-0.2, -0.15) is 0 Å². The monoisotopic (exact) mass is 532 g/mol. The molecule has 0 aromatic heterocycles. The van der Waals surface area contributed by atoms with Crippen molar-refractivity contribution in [2.24, 2.45) is 0 Å². The van der Waals surface area contributed by atoms with Crippen LogP contribution in [0.2, 0.25) is 0 Å². The van der Waals surface area contributed by atoms with Crippen LogP contribution in [0, 0.1) is 0 Å². The fourth-order valence-corrected chi connectivity index (χ4v) is 5.86. The van der Waals surface area contributed by atoms with Gasteiger partial charge in [0.15, 0.2) is 0 Å². The van der Waals surface area contributed by atoms with Crippen LogP contribution in [0.1, 0.15) is 27.1 Å². The third-order valence-electron chi connectivity index (χ3n) is 5.16. The molecule has 4 rings (SSSR count). The van der Waals surface area contributed by atoms with Crippen LogP contribution in [0.3, 0.4) is 0 Å². The summed E-state index contributed by atoms with van der Waals surface area (Å²) in [6, 6.07) is 25.3. The van der Waals surface area contributed by atoms with Gasteiger partial charge in [0.1, 0.15) is 0 Å². The van der Waals surface area contributed by atoms with Crippen molar-refractivity contribution in [2.45, 2.75) is 29.6 Å². The van der Waals surface area contributed by atoms with E-state index in [0.717, 1.165) is 4.46 Å². The van der Waals surface area contributed by atoms with E-state index in [-0.39, 0.29) is 11.1 Å². The van der Waals surface area contributed by atoms with Crippen molar-refractivity contribution in [3.05, 3.63) is 102 Å². The first-order valence-electron chi connectivity index (χ1n) is 10.7. The second-order valence-corrected chi connectivity index (χ2v) is 10.2. The second kappa shape index (κ2) is 10.9. The van der Waals surface area contributed by atoms with Crippen LogP contribution >= 0.6 is 0 Å². The summed E-state index contributed by atoms with van der Waals surface area (Å²) in [7, 11) is 0. The Hall–Kier alpha value is -3.06. The number of ether oxygens (including phenoxy) is 3. The van der Waals surface area contributed by atoms with E-state index in [9.17, 15) is 9.59 Å². The average Bonchev–Trinajstić information content (AvgIpc) is 2.85. The Morgan fingerprint density at radius 2 is 1.38 bits per heavy atom. The molecule has 0 N–H and O–H groups in total. The van der Waals surface area contributed by atoms with Crippen molar-refractivity contribution < 1.29 is 32.6 Å². The van der Waals surface area contributed by atoms with Crippen LogP contribution in [-0.2, 0) is 14.2 Å². The predicted octanol–water partition coefficient (Wildman–Crippen LogP) is 3.85. The van der Waals surface area contributed by atoms with Crippen LogP contribution in [0.25, 0.3) is 0 Å². The number of carbonyl (C=O) groups excluding carboxylic acids is 2. The van der Waals surface area contributed by atoms with E-state index in [2.05, 4.69) is 0 Å². The zero-order valence-electron chi connectivity index (χ0n) is 18.0. The molecule has 8 heteroatoms. The molecule has 0 radical (unpaired) electrons. The molecule has 1 aliphatic rings. The molecule has 1 aliphatic heterocycles. The normalized spacial score (nSPS) is 21.4. The SMILES string of the molecule is O=C(OC[C@H]1O[C@H]([Se]c2ccccc2)CC(F)(F)[C@@H]1OC(=O)c1ccccc1)c1ccccc1. The van der Waals surface area contributed by atoms with Crippen LogP contribution in [0.4, 0.5) is 8.78 Å². The molecule has 0 bridgehead atoms. The van der Waals surface area contributed by atoms with E-state index in [1.165, 1.54) is 12.1 Å². The van der Waals surface area contributed by atoms with Crippen molar-refractivity contribution in [1.82, 2.24) is 0 Å². The van der Waals surface area contributed by atoms with Crippen molar-refractivity contribution in [2.75, 3.05) is 6.61 Å². The van der Waals surface area contributed by atoms with Gasteiger partial charge < -0.3 is 0 Å². The van der Waals surface area contributed by atoms with Crippen LogP contribution in [0.5, 0.6) is 0 Å². The van der Waals surface area contributed by atoms with Crippen molar-refractivity contribution in [1.29, 1.82) is 0 Å². The number of benzene rings is 3. The van der Waals surface area contributed by atoms with Crippen LogP contribution in [-0.4, -0.2) is 56.6 Å². The van der Waals surface area contributed by atoms with Gasteiger partial charge in [-0.15, -0.1) is 0 Å². The first-order chi connectivity index (χ1) is 16.4. The number of carbonyl (C=O) groups is 2. The summed E-state index contributed by atoms with van der Waals surface area (Å²) in [5.74, 6) is -4.93. The topological polar surface area (TPSA) is 61.8 Å². The van der Waals surface area contributed by atoms with Crippen molar-refractivity contribution >= 4 is 31.4 Å². The summed E-state index contributed by atoms with van der Waals surface area (Å²) in [6.07, 6.45) is -3.82. The van der Waals surface area contributed by atoms with Gasteiger partial charge in [0.2, 0.25) is 0 Å². The van der Waals surface area contributed by atoms with E-state index in [1.54, 1.807) is 48.5 Å². The van der Waals surface area contributed by atoms with E-state index >= 15 is 8.78 Å². The number of esters is 2. The first kappa shape index (κ1) is 24.1. The van der Waals surface area contributed by atoms with Gasteiger partial charge >= 0.3 is 202 Å². The third kappa shape index (κ3) is 6.08. The number of hydrogen-bond acceptors (Lipinski definition) is 5. The predicted molar refractivity (Wildman–Crippen MR) is 122 cm³/mol. The Labute approximate surface area is 202 Å². The number of alkyl halides is 2. The Balaban J connectivity index is 1.52. The molecule has 0 aliphatic carbocycles. The summed E-state index contributed by atoms with van der Waals surface area (Å²) in [6.45, 7) is -0.475. The fraction of sp³-hybridized carbons (Fsp3) is 0.231. The molecule has 1 fully saturated rings. The molecule has 34 heavy (non-hydrogen) atoms. The Morgan fingerprint density at radius 3 is 1.97 bits per heavy atom. The summed E-state index contributed by atoms with van der Waals surface area (Å²) in [5, 5.41) is -0.781. The standard InChI is InChI=1S/C26H22F2O5Se/c27-26(28)16-22(34-20-14-8-3-9-15-20)32-21(17-31-24(29)18-10-4-1-5-11-18)23(26)33-25(30)19-12-6-2-7-13-19/h1-15,21-23H,16-17H2/t21-,22-,23-/m1/s1. The Bertz CT molecular complexity index is 1100. The van der Waals surface area contributed by atoms with Gasteiger partial charge in [-0.25, -0.2) is 0 Å². The zero-order valence-corrected chi connectivity index (χ0v) is 19.7. The minimum atomic E-state index is -3.37. The third-order valence-corrected chi connectivity index (χ3v) is 7.44. The number of hydrogen-bond donors (Lipinski definition) is 0. The molecule has 1 heterocycles. The minimum absolute atomic E-state index is 0.147. The molecule has 0 saturated carbocycles. The molecule has 0 unspecified atom stereocenters. The van der Waals surface area contributed by atoms with E-state index in [1.807, 2.05) is 30.3 Å². The Morgan fingerprint density at radius 1 is 0.853 bits per heavy atom. The van der Waals surface area contributed by atoms with Crippen molar-refractivity contribution in [3.63, 3.8) is 0 Å². The van der Waals surface area contributed by atoms with Gasteiger partial charge in [-0.05, 0) is 0 Å². The molecule has 3 aromatic carbocycles. The zero-order chi connectivity index (χ0) is 24.0. The fourth-order valence-electron chi connectivity index (χ4n) is 3.51. The molecule has 1 saturated heterocycles. The van der Waals surface area contributed by atoms with Gasteiger partial charge in [-0.3, -0.25) is 0 Å². The van der Waals surface area contributed by atoms with Crippen LogP contribution in [0.15, 0.2) is 91.0 Å². The second-order valence-electron chi connectivity index (χ2n) is 7.66. The first-order valence-corrected chi connectivity index (χ1v) is 12.5. The van der Waals surface area contributed by atoms with Crippen LogP contribution < -0.4 is 4.46 Å². The van der Waals surface area contributed by atoms with Gasteiger partial charge in [0.05, 0.1) is 0 Å². The maximum absolute atomic E-state index is 15.3. The molecular weight excluding hydrogens is 509 g/mol. The average molecular weight is 531 g/mol. The van der Waals surface area contributed by atoms with Gasteiger partial charge in [-0.1, -0.05) is 0 Å².